The van der Waals surface area contributed by atoms with E-state index in [0.29, 0.717) is 23.4 Å². The second kappa shape index (κ2) is 9.82. The van der Waals surface area contributed by atoms with E-state index < -0.39 is 5.97 Å². The molecular weight excluding hydrogens is 384 g/mol. The molecule has 1 aliphatic rings. The van der Waals surface area contributed by atoms with Crippen molar-refractivity contribution in [3.63, 3.8) is 0 Å². The van der Waals surface area contributed by atoms with Crippen LogP contribution in [0.4, 0.5) is 5.69 Å². The van der Waals surface area contributed by atoms with E-state index >= 15 is 0 Å². The fourth-order valence-electron chi connectivity index (χ4n) is 3.42. The molecule has 0 radical (unpaired) electrons. The third-order valence-electron chi connectivity index (χ3n) is 5.03. The minimum absolute atomic E-state index is 0.0514. The summed E-state index contributed by atoms with van der Waals surface area (Å²) in [7, 11) is 0. The van der Waals surface area contributed by atoms with Crippen LogP contribution in [0.3, 0.4) is 0 Å². The van der Waals surface area contributed by atoms with Gasteiger partial charge in [0.15, 0.2) is 0 Å². The number of nitrogens with one attached hydrogen (secondary N) is 1. The van der Waals surface area contributed by atoms with E-state index in [-0.39, 0.29) is 30.6 Å². The number of carboxylic acids is 1. The molecular formula is C23H24N2O5. The van der Waals surface area contributed by atoms with Gasteiger partial charge in [0.05, 0.1) is 17.5 Å². The van der Waals surface area contributed by atoms with Crippen LogP contribution in [-0.4, -0.2) is 40.2 Å². The molecule has 7 nitrogen and oxygen atoms in total. The van der Waals surface area contributed by atoms with E-state index in [1.165, 1.54) is 4.90 Å². The Morgan fingerprint density at radius 3 is 2.07 bits per heavy atom. The second-order valence-electron chi connectivity index (χ2n) is 7.26. The smallest absolute Gasteiger partial charge is 0.303 e. The van der Waals surface area contributed by atoms with Gasteiger partial charge in [0.2, 0.25) is 5.91 Å². The Labute approximate surface area is 174 Å². The molecule has 7 heteroatoms. The summed E-state index contributed by atoms with van der Waals surface area (Å²) in [5, 5.41) is 11.3. The molecule has 0 aromatic heterocycles. The number of hydrogen-bond acceptors (Lipinski definition) is 4. The Balaban J connectivity index is 1.37. The Hall–Kier alpha value is -3.48. The highest BCUT2D eigenvalue weighted by Crippen LogP contribution is 2.23. The normalized spacial score (nSPS) is 12.7. The summed E-state index contributed by atoms with van der Waals surface area (Å²) in [6, 6.07) is 14.4. The highest BCUT2D eigenvalue weighted by atomic mass is 16.4. The van der Waals surface area contributed by atoms with Crippen LogP contribution in [0.15, 0.2) is 48.5 Å². The molecule has 2 aromatic carbocycles. The highest BCUT2D eigenvalue weighted by Gasteiger charge is 2.34. The van der Waals surface area contributed by atoms with Crippen molar-refractivity contribution in [2.45, 2.75) is 38.5 Å². The number of nitrogens with zero attached hydrogens (tertiary/aromatic N) is 1. The summed E-state index contributed by atoms with van der Waals surface area (Å²) in [6.07, 6.45) is 3.18. The average Bonchev–Trinajstić information content (AvgIpc) is 2.98. The summed E-state index contributed by atoms with van der Waals surface area (Å²) < 4.78 is 0. The van der Waals surface area contributed by atoms with E-state index in [4.69, 9.17) is 5.11 Å². The number of hydrogen-bond donors (Lipinski definition) is 2. The lowest BCUT2D eigenvalue weighted by Gasteiger charge is -2.13. The van der Waals surface area contributed by atoms with Gasteiger partial charge < -0.3 is 10.4 Å². The Morgan fingerprint density at radius 1 is 0.833 bits per heavy atom. The predicted octanol–water partition coefficient (Wildman–Crippen LogP) is 3.50. The fraction of sp³-hybridized carbons (Fsp3) is 0.304. The first-order valence-corrected chi connectivity index (χ1v) is 10.0. The molecule has 0 spiro atoms. The molecule has 3 rings (SSSR count). The molecule has 0 unspecified atom stereocenters. The first kappa shape index (κ1) is 21.2. The topological polar surface area (TPSA) is 104 Å². The summed E-state index contributed by atoms with van der Waals surface area (Å²) in [5.41, 5.74) is 2.73. The van der Waals surface area contributed by atoms with Crippen LogP contribution < -0.4 is 5.32 Å². The Morgan fingerprint density at radius 2 is 1.47 bits per heavy atom. The number of unbranched alkanes of at least 4 members (excludes halogenated alkanes) is 2. The molecule has 0 bridgehead atoms. The lowest BCUT2D eigenvalue weighted by Crippen LogP contribution is -2.30. The average molecular weight is 408 g/mol. The van der Waals surface area contributed by atoms with Crippen molar-refractivity contribution in [1.82, 2.24) is 4.90 Å². The van der Waals surface area contributed by atoms with Gasteiger partial charge in [0.25, 0.3) is 11.8 Å². The Bertz CT molecular complexity index is 917. The summed E-state index contributed by atoms with van der Waals surface area (Å²) in [4.78, 5) is 48.1. The molecule has 30 heavy (non-hydrogen) atoms. The Kier molecular flexibility index (Phi) is 6.95. The van der Waals surface area contributed by atoms with Crippen molar-refractivity contribution in [1.29, 1.82) is 0 Å². The highest BCUT2D eigenvalue weighted by molar-refractivity contribution is 6.21. The van der Waals surface area contributed by atoms with E-state index in [1.54, 1.807) is 36.4 Å². The van der Waals surface area contributed by atoms with Crippen LogP contribution in [-0.2, 0) is 16.0 Å². The van der Waals surface area contributed by atoms with Gasteiger partial charge in [-0.1, -0.05) is 30.7 Å². The van der Waals surface area contributed by atoms with E-state index in [2.05, 4.69) is 5.32 Å². The van der Waals surface area contributed by atoms with Gasteiger partial charge in [0, 0.05) is 18.7 Å². The van der Waals surface area contributed by atoms with Gasteiger partial charge in [-0.15, -0.1) is 0 Å². The molecule has 1 heterocycles. The number of anilines is 1. The molecule has 0 fully saturated rings. The lowest BCUT2D eigenvalue weighted by atomic mass is 10.1. The summed E-state index contributed by atoms with van der Waals surface area (Å²) in [6.45, 7) is 0.424. The molecule has 1 aliphatic heterocycles. The number of amides is 3. The minimum atomic E-state index is -0.997. The predicted molar refractivity (Wildman–Crippen MR) is 111 cm³/mol. The second-order valence-corrected chi connectivity index (χ2v) is 7.26. The molecule has 0 atom stereocenters. The molecule has 0 aliphatic carbocycles. The number of aryl methyl sites for hydroxylation is 1. The standard InChI is InChI=1S/C23H24N2O5/c26-20(13-14-21(27)28)24-17-11-9-16(10-12-17)6-2-1-5-15-25-22(29)18-7-3-4-8-19(18)23(25)30/h3-4,7-12H,1-2,5-6,13-15H2,(H,24,26)(H,27,28). The third kappa shape index (κ3) is 5.31. The lowest BCUT2D eigenvalue weighted by molar-refractivity contribution is -0.138. The number of carbonyl (C=O) groups excluding carboxylic acids is 3. The van der Waals surface area contributed by atoms with Crippen molar-refractivity contribution in [3.8, 4) is 0 Å². The molecule has 2 N–H and O–H groups in total. The zero-order valence-electron chi connectivity index (χ0n) is 16.6. The zero-order chi connectivity index (χ0) is 21.5. The number of rotatable bonds is 10. The van der Waals surface area contributed by atoms with Crippen molar-refractivity contribution >= 4 is 29.4 Å². The molecule has 3 amide bonds. The summed E-state index contributed by atoms with van der Waals surface area (Å²) in [5.74, 6) is -1.74. The SMILES string of the molecule is O=C(O)CCC(=O)Nc1ccc(CCCCCN2C(=O)c3ccccc3C2=O)cc1. The maximum Gasteiger partial charge on any atom is 0.303 e. The van der Waals surface area contributed by atoms with Gasteiger partial charge >= 0.3 is 5.97 Å². The number of aliphatic carboxylic acids is 1. The maximum absolute atomic E-state index is 12.3. The van der Waals surface area contributed by atoms with E-state index in [9.17, 15) is 19.2 Å². The third-order valence-corrected chi connectivity index (χ3v) is 5.03. The van der Waals surface area contributed by atoms with Crippen molar-refractivity contribution < 1.29 is 24.3 Å². The number of benzene rings is 2. The van der Waals surface area contributed by atoms with Gasteiger partial charge in [0.1, 0.15) is 0 Å². The van der Waals surface area contributed by atoms with Crippen molar-refractivity contribution in [2.75, 3.05) is 11.9 Å². The van der Waals surface area contributed by atoms with Crippen LogP contribution in [0, 0.1) is 0 Å². The van der Waals surface area contributed by atoms with Gasteiger partial charge in [-0.3, -0.25) is 24.1 Å². The van der Waals surface area contributed by atoms with Crippen LogP contribution in [0.25, 0.3) is 0 Å². The van der Waals surface area contributed by atoms with Gasteiger partial charge in [-0.2, -0.15) is 0 Å². The monoisotopic (exact) mass is 408 g/mol. The first-order valence-electron chi connectivity index (χ1n) is 10.0. The van der Waals surface area contributed by atoms with Crippen LogP contribution in [0.5, 0.6) is 0 Å². The van der Waals surface area contributed by atoms with Crippen molar-refractivity contribution in [2.24, 2.45) is 0 Å². The molecule has 156 valence electrons. The zero-order valence-corrected chi connectivity index (χ0v) is 16.6. The number of carbonyl (C=O) groups is 4. The minimum Gasteiger partial charge on any atom is -0.481 e. The van der Waals surface area contributed by atoms with E-state index in [0.717, 1.165) is 31.2 Å². The maximum atomic E-state index is 12.3. The quantitative estimate of drug-likeness (QED) is 0.463. The van der Waals surface area contributed by atoms with Gasteiger partial charge in [-0.25, -0.2) is 0 Å². The van der Waals surface area contributed by atoms with Crippen LogP contribution in [0.1, 0.15) is 58.4 Å². The molecule has 0 saturated heterocycles. The number of carboxylic acid groups (broad SMARTS) is 1. The number of imide groups is 1. The van der Waals surface area contributed by atoms with Crippen LogP contribution >= 0.6 is 0 Å². The van der Waals surface area contributed by atoms with Gasteiger partial charge in [-0.05, 0) is 49.1 Å². The van der Waals surface area contributed by atoms with Crippen LogP contribution in [0.2, 0.25) is 0 Å². The number of fused-ring (bicyclic) bond motifs is 1. The summed E-state index contributed by atoms with van der Waals surface area (Å²) >= 11 is 0. The molecule has 0 saturated carbocycles. The largest absolute Gasteiger partial charge is 0.481 e. The van der Waals surface area contributed by atoms with Crippen molar-refractivity contribution in [3.05, 3.63) is 65.2 Å². The fourth-order valence-corrected chi connectivity index (χ4v) is 3.42. The first-order chi connectivity index (χ1) is 14.5. The van der Waals surface area contributed by atoms with E-state index in [1.807, 2.05) is 12.1 Å². The molecule has 2 aromatic rings.